The molecule has 1 aliphatic rings. The van der Waals surface area contributed by atoms with Crippen LogP contribution in [0.3, 0.4) is 0 Å². The number of benzene rings is 3. The minimum atomic E-state index is -0.720. The van der Waals surface area contributed by atoms with Crippen molar-refractivity contribution in [1.82, 2.24) is 10.2 Å². The van der Waals surface area contributed by atoms with E-state index in [1.807, 2.05) is 68.4 Å². The van der Waals surface area contributed by atoms with Crippen molar-refractivity contribution in [2.24, 2.45) is 0 Å². The number of hydrogen-bond acceptors (Lipinski definition) is 3. The molecule has 2 amide bonds. The maximum Gasteiger partial charge on any atom is 0.261 e. The summed E-state index contributed by atoms with van der Waals surface area (Å²) in [6, 6.07) is 20.2. The fraction of sp³-hybridized carbons (Fsp3) is 0.355. The Morgan fingerprint density at radius 3 is 2.39 bits per heavy atom. The second-order valence-corrected chi connectivity index (χ2v) is 10.8. The Bertz CT molecular complexity index is 1260. The van der Waals surface area contributed by atoms with Crippen molar-refractivity contribution in [1.29, 1.82) is 0 Å². The Kier molecular flexibility index (Phi) is 9.70. The van der Waals surface area contributed by atoms with Crippen molar-refractivity contribution < 1.29 is 14.3 Å². The van der Waals surface area contributed by atoms with Crippen LogP contribution in [0.4, 0.5) is 0 Å². The van der Waals surface area contributed by atoms with E-state index >= 15 is 0 Å². The number of amides is 2. The predicted molar refractivity (Wildman–Crippen MR) is 153 cm³/mol. The minimum absolute atomic E-state index is 0.133. The molecule has 0 unspecified atom stereocenters. The third-order valence-electron chi connectivity index (χ3n) is 7.22. The Labute approximate surface area is 235 Å². The second kappa shape index (κ2) is 13.2. The molecule has 1 fully saturated rings. The molecule has 0 aromatic heterocycles. The zero-order chi connectivity index (χ0) is 27.1. The van der Waals surface area contributed by atoms with Crippen LogP contribution >= 0.6 is 23.2 Å². The number of nitrogens with zero attached hydrogens (tertiary/aromatic N) is 1. The molecule has 3 aromatic rings. The molecular formula is C31H34Cl2N2O3. The molecule has 38 heavy (non-hydrogen) atoms. The molecule has 0 heterocycles. The average molecular weight is 554 g/mol. The van der Waals surface area contributed by atoms with Crippen LogP contribution in [0.5, 0.6) is 5.75 Å². The lowest BCUT2D eigenvalue weighted by Gasteiger charge is -2.32. The lowest BCUT2D eigenvalue weighted by molar-refractivity contribution is -0.143. The predicted octanol–water partition coefficient (Wildman–Crippen LogP) is 6.69. The summed E-state index contributed by atoms with van der Waals surface area (Å²) < 4.78 is 5.98. The smallest absolute Gasteiger partial charge is 0.261 e. The fourth-order valence-corrected chi connectivity index (χ4v) is 5.18. The number of nitrogens with one attached hydrogen (secondary N) is 1. The van der Waals surface area contributed by atoms with E-state index in [-0.39, 0.29) is 31.0 Å². The fourth-order valence-electron chi connectivity index (χ4n) is 4.86. The number of ether oxygens (including phenoxy) is 1. The van der Waals surface area contributed by atoms with E-state index in [9.17, 15) is 9.59 Å². The number of halogens is 2. The van der Waals surface area contributed by atoms with E-state index in [1.54, 1.807) is 17.0 Å². The molecule has 1 aliphatic carbocycles. The molecule has 1 N–H and O–H groups in total. The van der Waals surface area contributed by atoms with Crippen molar-refractivity contribution in [2.45, 2.75) is 64.6 Å². The van der Waals surface area contributed by atoms with E-state index in [4.69, 9.17) is 27.9 Å². The zero-order valence-electron chi connectivity index (χ0n) is 21.9. The topological polar surface area (TPSA) is 58.6 Å². The van der Waals surface area contributed by atoms with Crippen LogP contribution < -0.4 is 10.1 Å². The Balaban J connectivity index is 1.64. The van der Waals surface area contributed by atoms with Crippen LogP contribution in [-0.2, 0) is 22.6 Å². The molecule has 1 saturated carbocycles. The monoisotopic (exact) mass is 552 g/mol. The first-order chi connectivity index (χ1) is 18.3. The molecular weight excluding hydrogens is 519 g/mol. The molecule has 3 aromatic carbocycles. The van der Waals surface area contributed by atoms with Gasteiger partial charge >= 0.3 is 0 Å². The maximum absolute atomic E-state index is 13.8. The quantitative estimate of drug-likeness (QED) is 0.305. The molecule has 1 atom stereocenters. The average Bonchev–Trinajstić information content (AvgIpc) is 3.42. The van der Waals surface area contributed by atoms with Gasteiger partial charge in [0.2, 0.25) is 5.91 Å². The first-order valence-corrected chi connectivity index (χ1v) is 13.8. The van der Waals surface area contributed by atoms with Crippen LogP contribution in [0.2, 0.25) is 10.0 Å². The van der Waals surface area contributed by atoms with E-state index in [2.05, 4.69) is 5.32 Å². The van der Waals surface area contributed by atoms with Crippen molar-refractivity contribution in [2.75, 3.05) is 6.61 Å². The van der Waals surface area contributed by atoms with Gasteiger partial charge in [0.05, 0.1) is 10.0 Å². The highest BCUT2D eigenvalue weighted by Crippen LogP contribution is 2.26. The summed E-state index contributed by atoms with van der Waals surface area (Å²) in [5.41, 5.74) is 3.82. The molecule has 0 radical (unpaired) electrons. The molecule has 7 heteroatoms. The first kappa shape index (κ1) is 28.0. The minimum Gasteiger partial charge on any atom is -0.483 e. The number of carbonyl (C=O) groups excluding carboxylic acids is 2. The highest BCUT2D eigenvalue weighted by molar-refractivity contribution is 6.42. The van der Waals surface area contributed by atoms with Gasteiger partial charge < -0.3 is 15.0 Å². The Morgan fingerprint density at radius 2 is 1.68 bits per heavy atom. The van der Waals surface area contributed by atoms with Crippen LogP contribution in [0.1, 0.15) is 47.9 Å². The Morgan fingerprint density at radius 1 is 0.947 bits per heavy atom. The zero-order valence-corrected chi connectivity index (χ0v) is 23.4. The summed E-state index contributed by atoms with van der Waals surface area (Å²) in [4.78, 5) is 29.2. The molecule has 0 saturated heterocycles. The summed E-state index contributed by atoms with van der Waals surface area (Å²) in [7, 11) is 0. The van der Waals surface area contributed by atoms with E-state index < -0.39 is 6.04 Å². The number of aryl methyl sites for hydroxylation is 1. The van der Waals surface area contributed by atoms with Crippen molar-refractivity contribution >= 4 is 35.0 Å². The summed E-state index contributed by atoms with van der Waals surface area (Å²) in [5.74, 6) is 0.225. The lowest BCUT2D eigenvalue weighted by atomic mass is 10.0. The molecule has 0 bridgehead atoms. The van der Waals surface area contributed by atoms with E-state index in [0.29, 0.717) is 22.2 Å². The molecule has 200 valence electrons. The van der Waals surface area contributed by atoms with Gasteiger partial charge in [-0.2, -0.15) is 0 Å². The summed E-state index contributed by atoms with van der Waals surface area (Å²) >= 11 is 12.4. The molecule has 0 aliphatic heterocycles. The SMILES string of the molecule is Cc1cccc(OCC(=O)N(Cc2ccc(Cl)c(Cl)c2)[C@H](Cc2ccccc2)C(=O)NC2CCCC2)c1C. The van der Waals surface area contributed by atoms with Gasteiger partial charge in [0, 0.05) is 19.0 Å². The van der Waals surface area contributed by atoms with Gasteiger partial charge in [-0.25, -0.2) is 0 Å². The van der Waals surface area contributed by atoms with Crippen LogP contribution in [0.25, 0.3) is 0 Å². The Hall–Kier alpha value is -3.02. The third kappa shape index (κ3) is 7.30. The molecule has 5 nitrogen and oxygen atoms in total. The van der Waals surface area contributed by atoms with Crippen molar-refractivity contribution in [3.63, 3.8) is 0 Å². The van der Waals surface area contributed by atoms with E-state index in [0.717, 1.165) is 47.9 Å². The van der Waals surface area contributed by atoms with Crippen molar-refractivity contribution in [3.05, 3.63) is 99.0 Å². The molecule has 4 rings (SSSR count). The van der Waals surface area contributed by atoms with Crippen LogP contribution in [-0.4, -0.2) is 35.4 Å². The van der Waals surface area contributed by atoms with Crippen molar-refractivity contribution in [3.8, 4) is 5.75 Å². The van der Waals surface area contributed by atoms with E-state index in [1.165, 1.54) is 0 Å². The van der Waals surface area contributed by atoms with Gasteiger partial charge in [0.25, 0.3) is 5.91 Å². The standard InChI is InChI=1S/C31H34Cl2N2O3/c1-21-9-8-14-29(22(21)2)38-20-30(36)35(19-24-15-16-26(32)27(33)17-24)28(18-23-10-4-3-5-11-23)31(37)34-25-12-6-7-13-25/h3-5,8-11,14-17,25,28H,6-7,12-13,18-20H2,1-2H3,(H,34,37)/t28-/m1/s1. The van der Waals surface area contributed by atoms with Gasteiger partial charge in [0.1, 0.15) is 11.8 Å². The first-order valence-electron chi connectivity index (χ1n) is 13.1. The second-order valence-electron chi connectivity index (χ2n) is 9.95. The summed E-state index contributed by atoms with van der Waals surface area (Å²) in [5, 5.41) is 4.05. The number of carbonyl (C=O) groups is 2. The number of hydrogen-bond donors (Lipinski definition) is 1. The highest BCUT2D eigenvalue weighted by Gasteiger charge is 2.32. The van der Waals surface area contributed by atoms with Gasteiger partial charge in [-0.1, -0.05) is 84.6 Å². The van der Waals surface area contributed by atoms with Crippen LogP contribution in [0.15, 0.2) is 66.7 Å². The van der Waals surface area contributed by atoms with Crippen LogP contribution in [0, 0.1) is 13.8 Å². The van der Waals surface area contributed by atoms with Gasteiger partial charge in [-0.15, -0.1) is 0 Å². The number of rotatable bonds is 10. The lowest BCUT2D eigenvalue weighted by Crippen LogP contribution is -2.53. The third-order valence-corrected chi connectivity index (χ3v) is 7.95. The summed E-state index contributed by atoms with van der Waals surface area (Å²) in [6.45, 7) is 3.98. The maximum atomic E-state index is 13.8. The van der Waals surface area contributed by atoms with Gasteiger partial charge in [-0.05, 0) is 67.1 Å². The largest absolute Gasteiger partial charge is 0.483 e. The van der Waals surface area contributed by atoms with Gasteiger partial charge in [-0.3, -0.25) is 9.59 Å². The normalized spacial score (nSPS) is 14.2. The summed E-state index contributed by atoms with van der Waals surface area (Å²) in [6.07, 6.45) is 4.50. The van der Waals surface area contributed by atoms with Gasteiger partial charge in [0.15, 0.2) is 6.61 Å². The highest BCUT2D eigenvalue weighted by atomic mass is 35.5. The molecule has 0 spiro atoms.